The van der Waals surface area contributed by atoms with Crippen LogP contribution in [0.3, 0.4) is 0 Å². The Morgan fingerprint density at radius 2 is 1.92 bits per heavy atom. The van der Waals surface area contributed by atoms with Crippen LogP contribution in [0.4, 0.5) is 5.82 Å². The van der Waals surface area contributed by atoms with Gasteiger partial charge in [0.25, 0.3) is 0 Å². The molecule has 1 aliphatic heterocycles. The summed E-state index contributed by atoms with van der Waals surface area (Å²) in [6, 6.07) is 1.95. The molecule has 0 aromatic carbocycles. The Balaban J connectivity index is 1.39. The fourth-order valence-corrected chi connectivity index (χ4v) is 3.56. The average Bonchev–Trinajstić information content (AvgIpc) is 2.61. The molecule has 1 aromatic heterocycles. The molecule has 2 heterocycles. The predicted molar refractivity (Wildman–Crippen MR) is 107 cm³/mol. The van der Waals surface area contributed by atoms with Crippen molar-refractivity contribution in [1.29, 1.82) is 0 Å². The van der Waals surface area contributed by atoms with E-state index in [4.69, 9.17) is 17.3 Å². The highest BCUT2D eigenvalue weighted by molar-refractivity contribution is 14.1. The lowest BCUT2D eigenvalue weighted by Gasteiger charge is -2.40. The summed E-state index contributed by atoms with van der Waals surface area (Å²) in [5.74, 6) is 1.60. The molecule has 1 aliphatic carbocycles. The van der Waals surface area contributed by atoms with Gasteiger partial charge in [0, 0.05) is 19.2 Å². The normalized spacial score (nSPS) is 23.9. The Morgan fingerprint density at radius 3 is 2.62 bits per heavy atom. The first kappa shape index (κ1) is 20.0. The SMILES string of the molecule is CC(C)OC1CC(OC2CCN(c3cc(OCCOI)cnn3)CC2)C1. The van der Waals surface area contributed by atoms with E-state index in [1.54, 1.807) is 6.20 Å². The van der Waals surface area contributed by atoms with Crippen LogP contribution in [0.25, 0.3) is 0 Å². The van der Waals surface area contributed by atoms with Crippen LogP contribution in [0.1, 0.15) is 39.5 Å². The number of aromatic nitrogens is 2. The first-order valence-electron chi connectivity index (χ1n) is 9.39. The highest BCUT2D eigenvalue weighted by Crippen LogP contribution is 2.31. The molecule has 0 N–H and O–H groups in total. The van der Waals surface area contributed by atoms with Gasteiger partial charge in [-0.05, 0) is 39.5 Å². The van der Waals surface area contributed by atoms with Crippen LogP contribution >= 0.6 is 23.0 Å². The van der Waals surface area contributed by atoms with E-state index in [0.717, 1.165) is 50.3 Å². The molecular formula is C18H28IN3O4. The maximum atomic E-state index is 6.23. The zero-order chi connectivity index (χ0) is 18.4. The molecule has 2 fully saturated rings. The lowest BCUT2D eigenvalue weighted by molar-refractivity contribution is -0.141. The van der Waals surface area contributed by atoms with Gasteiger partial charge in [-0.2, -0.15) is 5.10 Å². The second-order valence-electron chi connectivity index (χ2n) is 7.13. The molecule has 1 saturated heterocycles. The van der Waals surface area contributed by atoms with Gasteiger partial charge in [0.15, 0.2) is 5.82 Å². The third kappa shape index (κ3) is 5.90. The van der Waals surface area contributed by atoms with Gasteiger partial charge in [0.1, 0.15) is 35.4 Å². The molecule has 0 spiro atoms. The lowest BCUT2D eigenvalue weighted by atomic mass is 9.91. The second kappa shape index (κ2) is 10.0. The molecule has 0 radical (unpaired) electrons. The highest BCUT2D eigenvalue weighted by Gasteiger charge is 2.34. The number of nitrogens with zero attached hydrogens (tertiary/aromatic N) is 3. The first-order valence-corrected chi connectivity index (χ1v) is 10.3. The summed E-state index contributed by atoms with van der Waals surface area (Å²) in [5, 5.41) is 8.30. The number of ether oxygens (including phenoxy) is 3. The summed E-state index contributed by atoms with van der Waals surface area (Å²) in [6.45, 7) is 7.09. The maximum absolute atomic E-state index is 6.23. The number of halogens is 1. The van der Waals surface area contributed by atoms with Crippen molar-refractivity contribution >= 4 is 28.8 Å². The Kier molecular flexibility index (Phi) is 7.71. The van der Waals surface area contributed by atoms with Crippen molar-refractivity contribution in [1.82, 2.24) is 10.2 Å². The van der Waals surface area contributed by atoms with E-state index in [2.05, 4.69) is 28.9 Å². The number of piperidine rings is 1. The van der Waals surface area contributed by atoms with Crippen LogP contribution < -0.4 is 9.64 Å². The zero-order valence-corrected chi connectivity index (χ0v) is 17.6. The van der Waals surface area contributed by atoms with Crippen LogP contribution in [-0.2, 0) is 12.5 Å². The summed E-state index contributed by atoms with van der Waals surface area (Å²) < 4.78 is 22.6. The molecule has 3 rings (SSSR count). The van der Waals surface area contributed by atoms with E-state index in [1.165, 1.54) is 0 Å². The van der Waals surface area contributed by atoms with Gasteiger partial charge in [-0.15, -0.1) is 5.10 Å². The molecule has 0 atom stereocenters. The fourth-order valence-electron chi connectivity index (χ4n) is 3.38. The van der Waals surface area contributed by atoms with E-state index >= 15 is 0 Å². The Hall–Kier alpha value is -0.710. The van der Waals surface area contributed by atoms with Crippen LogP contribution in [0, 0.1) is 0 Å². The molecule has 8 heteroatoms. The van der Waals surface area contributed by atoms with Gasteiger partial charge in [-0.1, -0.05) is 0 Å². The summed E-state index contributed by atoms with van der Waals surface area (Å²) in [6.07, 6.45) is 7.13. The van der Waals surface area contributed by atoms with Gasteiger partial charge < -0.3 is 22.2 Å². The summed E-state index contributed by atoms with van der Waals surface area (Å²) in [4.78, 5) is 2.25. The molecule has 7 nitrogen and oxygen atoms in total. The summed E-state index contributed by atoms with van der Waals surface area (Å²) >= 11 is 1.86. The van der Waals surface area contributed by atoms with Gasteiger partial charge >= 0.3 is 0 Å². The average molecular weight is 477 g/mol. The third-order valence-corrected chi connectivity index (χ3v) is 5.15. The summed E-state index contributed by atoms with van der Waals surface area (Å²) in [7, 11) is 0. The minimum atomic E-state index is 0.305. The molecule has 0 unspecified atom stereocenters. The van der Waals surface area contributed by atoms with Crippen molar-refractivity contribution in [3.05, 3.63) is 12.3 Å². The highest BCUT2D eigenvalue weighted by atomic mass is 127. The van der Waals surface area contributed by atoms with Crippen molar-refractivity contribution in [3.8, 4) is 5.75 Å². The van der Waals surface area contributed by atoms with E-state index in [1.807, 2.05) is 29.1 Å². The smallest absolute Gasteiger partial charge is 0.154 e. The van der Waals surface area contributed by atoms with Crippen LogP contribution in [0.2, 0.25) is 0 Å². The van der Waals surface area contributed by atoms with E-state index < -0.39 is 0 Å². The van der Waals surface area contributed by atoms with Crippen molar-refractivity contribution in [2.75, 3.05) is 31.2 Å². The van der Waals surface area contributed by atoms with Gasteiger partial charge in [-0.3, -0.25) is 0 Å². The molecule has 146 valence electrons. The van der Waals surface area contributed by atoms with Crippen molar-refractivity contribution < 1.29 is 17.3 Å². The Labute approximate surface area is 169 Å². The first-order chi connectivity index (χ1) is 12.6. The number of rotatable bonds is 9. The molecule has 1 aromatic rings. The quantitative estimate of drug-likeness (QED) is 0.400. The Morgan fingerprint density at radius 1 is 1.15 bits per heavy atom. The molecule has 0 amide bonds. The minimum Gasteiger partial charge on any atom is -0.489 e. The number of hydrogen-bond donors (Lipinski definition) is 0. The second-order valence-corrected chi connectivity index (χ2v) is 7.76. The number of anilines is 1. The van der Waals surface area contributed by atoms with Gasteiger partial charge in [-0.25, -0.2) is 0 Å². The van der Waals surface area contributed by atoms with Crippen molar-refractivity contribution in [3.63, 3.8) is 0 Å². The van der Waals surface area contributed by atoms with E-state index in [0.29, 0.717) is 37.6 Å². The van der Waals surface area contributed by atoms with Crippen LogP contribution in [0.5, 0.6) is 5.75 Å². The molecule has 26 heavy (non-hydrogen) atoms. The monoisotopic (exact) mass is 477 g/mol. The fraction of sp³-hybridized carbons (Fsp3) is 0.778. The van der Waals surface area contributed by atoms with Crippen LogP contribution in [0.15, 0.2) is 12.3 Å². The standard InChI is InChI=1S/C18H28IN3O4/c1-13(2)25-15-9-16(10-15)26-14-3-5-22(6-4-14)18-11-17(12-20-21-18)23-7-8-24-19/h11-16H,3-10H2,1-2H3. The summed E-state index contributed by atoms with van der Waals surface area (Å²) in [5.41, 5.74) is 0. The number of hydrogen-bond acceptors (Lipinski definition) is 7. The molecule has 0 bridgehead atoms. The zero-order valence-electron chi connectivity index (χ0n) is 15.5. The third-order valence-electron chi connectivity index (χ3n) is 4.71. The molecule has 2 aliphatic rings. The minimum absolute atomic E-state index is 0.305. The largest absolute Gasteiger partial charge is 0.489 e. The van der Waals surface area contributed by atoms with Crippen LogP contribution in [-0.4, -0.2) is 60.9 Å². The van der Waals surface area contributed by atoms with Crippen molar-refractivity contribution in [2.24, 2.45) is 0 Å². The Bertz CT molecular complexity index is 549. The maximum Gasteiger partial charge on any atom is 0.154 e. The van der Waals surface area contributed by atoms with Crippen molar-refractivity contribution in [2.45, 2.75) is 63.9 Å². The van der Waals surface area contributed by atoms with E-state index in [9.17, 15) is 0 Å². The van der Waals surface area contributed by atoms with E-state index in [-0.39, 0.29) is 0 Å². The van der Waals surface area contributed by atoms with Gasteiger partial charge in [0.05, 0.1) is 37.2 Å². The predicted octanol–water partition coefficient (Wildman–Crippen LogP) is 3.16. The van der Waals surface area contributed by atoms with Gasteiger partial charge in [0.2, 0.25) is 0 Å². The molecule has 1 saturated carbocycles. The topological polar surface area (TPSA) is 65.9 Å². The molecular weight excluding hydrogens is 449 g/mol. The lowest BCUT2D eigenvalue weighted by Crippen LogP contribution is -2.44.